The Balaban J connectivity index is 1.36. The summed E-state index contributed by atoms with van der Waals surface area (Å²) >= 11 is 0. The molecule has 0 saturated heterocycles. The Hall–Kier alpha value is -0.340. The number of hydrogen-bond acceptors (Lipinski definition) is 2. The Labute approximate surface area is 191 Å². The summed E-state index contributed by atoms with van der Waals surface area (Å²) in [6.07, 6.45) is 17.8. The largest absolute Gasteiger partial charge is 0.396 e. The summed E-state index contributed by atoms with van der Waals surface area (Å²) in [6, 6.07) is 0. The molecule has 5 rings (SSSR count). The average molecular weight is 429 g/mol. The molecule has 2 N–H and O–H groups in total. The van der Waals surface area contributed by atoms with Crippen LogP contribution in [0.3, 0.4) is 0 Å². The molecule has 31 heavy (non-hydrogen) atoms. The van der Waals surface area contributed by atoms with E-state index in [1.54, 1.807) is 5.57 Å². The zero-order valence-electron chi connectivity index (χ0n) is 20.7. The molecule has 4 fully saturated rings. The number of aliphatic hydroxyl groups is 2. The first kappa shape index (κ1) is 22.5. The van der Waals surface area contributed by atoms with Gasteiger partial charge in [-0.1, -0.05) is 52.2 Å². The topological polar surface area (TPSA) is 40.5 Å². The molecule has 2 heteroatoms. The number of aliphatic hydroxyl groups excluding tert-OH is 2. The lowest BCUT2D eigenvalue weighted by Gasteiger charge is -2.60. The highest BCUT2D eigenvalue weighted by Gasteiger charge is 2.65. The van der Waals surface area contributed by atoms with Gasteiger partial charge in [0.05, 0.1) is 6.10 Å². The summed E-state index contributed by atoms with van der Waals surface area (Å²) in [7, 11) is 0. The first-order valence-corrected chi connectivity index (χ1v) is 13.8. The van der Waals surface area contributed by atoms with Gasteiger partial charge in [-0.2, -0.15) is 0 Å². The van der Waals surface area contributed by atoms with Crippen LogP contribution in [0.25, 0.3) is 0 Å². The lowest BCUT2D eigenvalue weighted by atomic mass is 9.45. The molecule has 5 aliphatic rings. The summed E-state index contributed by atoms with van der Waals surface area (Å²) in [6.45, 7) is 10.2. The van der Waals surface area contributed by atoms with E-state index in [1.807, 2.05) is 0 Å². The van der Waals surface area contributed by atoms with E-state index in [1.165, 1.54) is 70.6 Å². The third kappa shape index (κ3) is 3.32. The third-order valence-corrected chi connectivity index (χ3v) is 11.6. The van der Waals surface area contributed by atoms with Crippen molar-refractivity contribution in [2.45, 2.75) is 111 Å². The summed E-state index contributed by atoms with van der Waals surface area (Å²) in [4.78, 5) is 0. The standard InChI is InChI=1S/C29H48O2/c1-19(2)6-5-7-20(18-30)22-9-10-23-21-8-11-25-28(4,24(21)12-14-27(22,23)3)15-13-26(31)29(25)16-17-29/h11,19-24,26,30-31H,5-10,12-18H2,1-4H3/t20-,21-,22+,23-,24-,26?,27+,28+/m0/s1. The molecule has 8 atom stereocenters. The van der Waals surface area contributed by atoms with E-state index in [9.17, 15) is 10.2 Å². The molecule has 0 amide bonds. The van der Waals surface area contributed by atoms with Crippen LogP contribution in [-0.2, 0) is 0 Å². The SMILES string of the molecule is CC(C)CCC[C@@H](CO)[C@H]1CC[C@H]2[C@@H]3CC=C4C5(CC5)C(O)CC[C@]4(C)[C@H]3CC[C@]12C. The minimum Gasteiger partial charge on any atom is -0.396 e. The molecule has 2 nitrogen and oxygen atoms in total. The van der Waals surface area contributed by atoms with Crippen molar-refractivity contribution in [1.29, 1.82) is 0 Å². The maximum absolute atomic E-state index is 10.8. The van der Waals surface area contributed by atoms with Gasteiger partial charge in [0.15, 0.2) is 0 Å². The van der Waals surface area contributed by atoms with E-state index in [-0.39, 0.29) is 11.5 Å². The van der Waals surface area contributed by atoms with E-state index < -0.39 is 0 Å². The van der Waals surface area contributed by atoms with Crippen molar-refractivity contribution in [1.82, 2.24) is 0 Å². The first-order valence-electron chi connectivity index (χ1n) is 13.8. The van der Waals surface area contributed by atoms with Gasteiger partial charge in [-0.3, -0.25) is 0 Å². The second kappa shape index (κ2) is 7.86. The van der Waals surface area contributed by atoms with Crippen LogP contribution in [0.2, 0.25) is 0 Å². The van der Waals surface area contributed by atoms with Gasteiger partial charge in [-0.15, -0.1) is 0 Å². The Kier molecular flexibility index (Phi) is 5.70. The second-order valence-electron chi connectivity index (χ2n) is 13.4. The van der Waals surface area contributed by atoms with Crippen LogP contribution in [0.5, 0.6) is 0 Å². The molecule has 5 aliphatic carbocycles. The minimum absolute atomic E-state index is 0.0794. The number of fused-ring (bicyclic) bond motifs is 6. The first-order chi connectivity index (χ1) is 14.8. The fourth-order valence-electron chi connectivity index (χ4n) is 9.84. The van der Waals surface area contributed by atoms with Crippen LogP contribution in [0.4, 0.5) is 0 Å². The lowest BCUT2D eigenvalue weighted by molar-refractivity contribution is -0.0729. The van der Waals surface area contributed by atoms with E-state index in [0.717, 1.165) is 36.0 Å². The van der Waals surface area contributed by atoms with Crippen molar-refractivity contribution in [3.05, 3.63) is 11.6 Å². The Morgan fingerprint density at radius 2 is 1.74 bits per heavy atom. The third-order valence-electron chi connectivity index (χ3n) is 11.6. The van der Waals surface area contributed by atoms with Gasteiger partial charge in [0.2, 0.25) is 0 Å². The predicted octanol–water partition coefficient (Wildman–Crippen LogP) is 6.75. The molecule has 0 aliphatic heterocycles. The quantitative estimate of drug-likeness (QED) is 0.459. The molecule has 0 aromatic heterocycles. The highest BCUT2D eigenvalue weighted by Crippen LogP contribution is 2.72. The van der Waals surface area contributed by atoms with Crippen LogP contribution in [0.1, 0.15) is 105 Å². The zero-order valence-corrected chi connectivity index (χ0v) is 20.7. The van der Waals surface area contributed by atoms with Crippen molar-refractivity contribution < 1.29 is 10.2 Å². The van der Waals surface area contributed by atoms with Crippen molar-refractivity contribution in [2.24, 2.45) is 51.8 Å². The highest BCUT2D eigenvalue weighted by molar-refractivity contribution is 5.36. The Morgan fingerprint density at radius 3 is 2.42 bits per heavy atom. The molecule has 0 radical (unpaired) electrons. The van der Waals surface area contributed by atoms with Crippen LogP contribution in [0, 0.1) is 51.8 Å². The molecular formula is C29H48O2. The molecule has 0 heterocycles. The van der Waals surface area contributed by atoms with Crippen molar-refractivity contribution >= 4 is 0 Å². The predicted molar refractivity (Wildman–Crippen MR) is 128 cm³/mol. The molecule has 1 spiro atoms. The van der Waals surface area contributed by atoms with Gasteiger partial charge >= 0.3 is 0 Å². The van der Waals surface area contributed by atoms with Gasteiger partial charge in [0.25, 0.3) is 0 Å². The van der Waals surface area contributed by atoms with Gasteiger partial charge in [0, 0.05) is 12.0 Å². The maximum atomic E-state index is 10.8. The summed E-state index contributed by atoms with van der Waals surface area (Å²) in [5.41, 5.74) is 2.63. The number of allylic oxidation sites excluding steroid dienone is 1. The van der Waals surface area contributed by atoms with Crippen molar-refractivity contribution in [3.63, 3.8) is 0 Å². The lowest BCUT2D eigenvalue weighted by Crippen LogP contribution is -2.53. The van der Waals surface area contributed by atoms with Crippen LogP contribution >= 0.6 is 0 Å². The molecule has 0 aromatic carbocycles. The molecule has 0 aromatic rings. The highest BCUT2D eigenvalue weighted by atomic mass is 16.3. The monoisotopic (exact) mass is 428 g/mol. The molecule has 4 saturated carbocycles. The maximum Gasteiger partial charge on any atom is 0.0634 e. The molecule has 176 valence electrons. The smallest absolute Gasteiger partial charge is 0.0634 e. The fraction of sp³-hybridized carbons (Fsp3) is 0.931. The van der Waals surface area contributed by atoms with Gasteiger partial charge in [0.1, 0.15) is 0 Å². The minimum atomic E-state index is -0.0794. The fourth-order valence-corrected chi connectivity index (χ4v) is 9.84. The number of rotatable bonds is 6. The summed E-state index contributed by atoms with van der Waals surface area (Å²) < 4.78 is 0. The van der Waals surface area contributed by atoms with E-state index in [2.05, 4.69) is 33.8 Å². The molecule has 0 bridgehead atoms. The van der Waals surface area contributed by atoms with Crippen LogP contribution in [0.15, 0.2) is 11.6 Å². The van der Waals surface area contributed by atoms with E-state index in [0.29, 0.717) is 23.4 Å². The molecular weight excluding hydrogens is 380 g/mol. The van der Waals surface area contributed by atoms with Gasteiger partial charge < -0.3 is 10.2 Å². The van der Waals surface area contributed by atoms with Crippen LogP contribution in [-0.4, -0.2) is 22.9 Å². The Morgan fingerprint density at radius 1 is 0.968 bits per heavy atom. The van der Waals surface area contributed by atoms with Gasteiger partial charge in [-0.05, 0) is 111 Å². The van der Waals surface area contributed by atoms with Gasteiger partial charge in [-0.25, -0.2) is 0 Å². The Bertz CT molecular complexity index is 706. The van der Waals surface area contributed by atoms with E-state index >= 15 is 0 Å². The van der Waals surface area contributed by atoms with Crippen molar-refractivity contribution in [3.8, 4) is 0 Å². The zero-order chi connectivity index (χ0) is 22.0. The second-order valence-corrected chi connectivity index (χ2v) is 13.4. The van der Waals surface area contributed by atoms with Crippen molar-refractivity contribution in [2.75, 3.05) is 6.61 Å². The normalized spacial score (nSPS) is 46.3. The number of hydrogen-bond donors (Lipinski definition) is 2. The average Bonchev–Trinajstić information content (AvgIpc) is 3.44. The summed E-state index contributed by atoms with van der Waals surface area (Å²) in [5.74, 6) is 4.50. The molecule has 1 unspecified atom stereocenters. The summed E-state index contributed by atoms with van der Waals surface area (Å²) in [5, 5.41) is 21.1. The van der Waals surface area contributed by atoms with Crippen LogP contribution < -0.4 is 0 Å². The van der Waals surface area contributed by atoms with E-state index in [4.69, 9.17) is 0 Å².